The summed E-state index contributed by atoms with van der Waals surface area (Å²) in [5, 5.41) is 3.20. The highest BCUT2D eigenvalue weighted by molar-refractivity contribution is 7.89. The molecule has 0 aliphatic rings. The van der Waals surface area contributed by atoms with Gasteiger partial charge in [-0.15, -0.1) is 0 Å². The minimum Gasteiger partial charge on any atom is -0.317 e. The van der Waals surface area contributed by atoms with Crippen LogP contribution >= 0.6 is 0 Å². The molecule has 1 N–H and O–H groups in total. The molecule has 4 nitrogen and oxygen atoms in total. The first-order chi connectivity index (χ1) is 8.30. The zero-order valence-electron chi connectivity index (χ0n) is 11.6. The lowest BCUT2D eigenvalue weighted by Crippen LogP contribution is -2.27. The maximum atomic E-state index is 11.9. The van der Waals surface area contributed by atoms with Crippen LogP contribution in [0.15, 0.2) is 29.2 Å². The van der Waals surface area contributed by atoms with Crippen LogP contribution < -0.4 is 5.32 Å². The fraction of sp³-hybridized carbons (Fsp3) is 0.538. The van der Waals surface area contributed by atoms with E-state index in [9.17, 15) is 8.42 Å². The van der Waals surface area contributed by atoms with Crippen LogP contribution in [0.3, 0.4) is 0 Å². The normalized spacial score (nSPS) is 15.7. The molecule has 0 heterocycles. The third-order valence-corrected chi connectivity index (χ3v) is 5.22. The smallest absolute Gasteiger partial charge is 0.242 e. The first-order valence-corrected chi connectivity index (χ1v) is 7.44. The summed E-state index contributed by atoms with van der Waals surface area (Å²) in [5.74, 6) is 0.339. The Labute approximate surface area is 110 Å². The van der Waals surface area contributed by atoms with Crippen molar-refractivity contribution in [2.24, 2.45) is 0 Å². The molecule has 0 aliphatic heterocycles. The van der Waals surface area contributed by atoms with Gasteiger partial charge in [-0.1, -0.05) is 19.1 Å². The van der Waals surface area contributed by atoms with Gasteiger partial charge in [0.25, 0.3) is 0 Å². The molecular weight excluding hydrogens is 248 g/mol. The average Bonchev–Trinajstić information content (AvgIpc) is 2.36. The van der Waals surface area contributed by atoms with Gasteiger partial charge in [0, 0.05) is 20.1 Å². The Balaban J connectivity index is 3.01. The van der Waals surface area contributed by atoms with E-state index in [1.54, 1.807) is 12.1 Å². The Hall–Kier alpha value is -0.910. The molecule has 1 aromatic rings. The molecule has 1 rings (SSSR count). The van der Waals surface area contributed by atoms with E-state index >= 15 is 0 Å². The van der Waals surface area contributed by atoms with Gasteiger partial charge in [-0.2, -0.15) is 0 Å². The Bertz CT molecular complexity index is 480. The van der Waals surface area contributed by atoms with E-state index in [1.165, 1.54) is 18.4 Å². The highest BCUT2D eigenvalue weighted by atomic mass is 32.2. The molecule has 0 saturated carbocycles. The lowest BCUT2D eigenvalue weighted by atomic mass is 9.95. The highest BCUT2D eigenvalue weighted by Gasteiger charge is 2.18. The van der Waals surface area contributed by atoms with Crippen LogP contribution in [0.1, 0.15) is 25.3 Å². The molecule has 0 aliphatic carbocycles. The summed E-state index contributed by atoms with van der Waals surface area (Å²) >= 11 is 0. The van der Waals surface area contributed by atoms with Crippen LogP contribution in [0.2, 0.25) is 0 Å². The zero-order chi connectivity index (χ0) is 13.9. The molecule has 102 valence electrons. The van der Waals surface area contributed by atoms with Crippen molar-refractivity contribution in [3.8, 4) is 0 Å². The predicted molar refractivity (Wildman–Crippen MR) is 74.3 cm³/mol. The molecule has 0 bridgehead atoms. The molecule has 0 fully saturated rings. The summed E-state index contributed by atoms with van der Waals surface area (Å²) in [6.07, 6.45) is 0. The lowest BCUT2D eigenvalue weighted by molar-refractivity contribution is 0.518. The third-order valence-electron chi connectivity index (χ3n) is 3.39. The van der Waals surface area contributed by atoms with Crippen LogP contribution in [0.4, 0.5) is 0 Å². The number of rotatable bonds is 5. The number of nitrogens with zero attached hydrogens (tertiary/aromatic N) is 1. The van der Waals surface area contributed by atoms with Gasteiger partial charge >= 0.3 is 0 Å². The fourth-order valence-corrected chi connectivity index (χ4v) is 2.59. The van der Waals surface area contributed by atoms with Gasteiger partial charge in [-0.05, 0) is 37.6 Å². The van der Waals surface area contributed by atoms with Gasteiger partial charge < -0.3 is 5.32 Å². The standard InChI is InChI=1S/C13H22N2O2S/c1-10(11(2)14-3)12-6-8-13(9-7-12)18(16,17)15(4)5/h6-11,14H,1-5H3. The minimum atomic E-state index is -3.33. The molecule has 0 amide bonds. The van der Waals surface area contributed by atoms with Gasteiger partial charge in [0.05, 0.1) is 4.90 Å². The Morgan fingerprint density at radius 2 is 1.61 bits per heavy atom. The molecule has 5 heteroatoms. The predicted octanol–water partition coefficient (Wildman–Crippen LogP) is 1.65. The van der Waals surface area contributed by atoms with Crippen molar-refractivity contribution in [1.82, 2.24) is 9.62 Å². The number of nitrogens with one attached hydrogen (secondary N) is 1. The van der Waals surface area contributed by atoms with Crippen LogP contribution in [0.25, 0.3) is 0 Å². The number of hydrogen-bond donors (Lipinski definition) is 1. The van der Waals surface area contributed by atoms with Gasteiger partial charge in [0.15, 0.2) is 0 Å². The first-order valence-electron chi connectivity index (χ1n) is 6.00. The summed E-state index contributed by atoms with van der Waals surface area (Å²) in [4.78, 5) is 0.334. The van der Waals surface area contributed by atoms with E-state index in [2.05, 4.69) is 19.2 Å². The topological polar surface area (TPSA) is 49.4 Å². The number of benzene rings is 1. The number of sulfonamides is 1. The van der Waals surface area contributed by atoms with Gasteiger partial charge in [-0.3, -0.25) is 0 Å². The van der Waals surface area contributed by atoms with E-state index in [0.29, 0.717) is 16.9 Å². The largest absolute Gasteiger partial charge is 0.317 e. The van der Waals surface area contributed by atoms with Gasteiger partial charge in [-0.25, -0.2) is 12.7 Å². The molecular formula is C13H22N2O2S. The van der Waals surface area contributed by atoms with Crippen molar-refractivity contribution in [2.75, 3.05) is 21.1 Å². The molecule has 1 aromatic carbocycles. The van der Waals surface area contributed by atoms with Crippen LogP contribution in [0, 0.1) is 0 Å². The molecule has 2 atom stereocenters. The SMILES string of the molecule is CNC(C)C(C)c1ccc(S(=O)(=O)N(C)C)cc1. The summed E-state index contributed by atoms with van der Waals surface area (Å²) in [6, 6.07) is 7.46. The van der Waals surface area contributed by atoms with Crippen molar-refractivity contribution in [1.29, 1.82) is 0 Å². The Morgan fingerprint density at radius 1 is 1.11 bits per heavy atom. The van der Waals surface area contributed by atoms with Gasteiger partial charge in [0.1, 0.15) is 0 Å². The molecule has 0 spiro atoms. The quantitative estimate of drug-likeness (QED) is 0.885. The van der Waals surface area contributed by atoms with Crippen molar-refractivity contribution in [3.05, 3.63) is 29.8 Å². The summed E-state index contributed by atoms with van der Waals surface area (Å²) < 4.78 is 25.1. The van der Waals surface area contributed by atoms with E-state index < -0.39 is 10.0 Å². The summed E-state index contributed by atoms with van der Waals surface area (Å²) in [5.41, 5.74) is 1.13. The summed E-state index contributed by atoms with van der Waals surface area (Å²) in [6.45, 7) is 4.23. The second-order valence-corrected chi connectivity index (χ2v) is 6.87. The molecule has 0 aromatic heterocycles. The highest BCUT2D eigenvalue weighted by Crippen LogP contribution is 2.21. The monoisotopic (exact) mass is 270 g/mol. The maximum Gasteiger partial charge on any atom is 0.242 e. The van der Waals surface area contributed by atoms with E-state index in [0.717, 1.165) is 5.56 Å². The van der Waals surface area contributed by atoms with E-state index in [4.69, 9.17) is 0 Å². The second-order valence-electron chi connectivity index (χ2n) is 4.72. The Kier molecular flexibility index (Phi) is 4.90. The fourth-order valence-electron chi connectivity index (χ4n) is 1.69. The molecule has 18 heavy (non-hydrogen) atoms. The number of hydrogen-bond acceptors (Lipinski definition) is 3. The van der Waals surface area contributed by atoms with Crippen LogP contribution in [-0.4, -0.2) is 39.9 Å². The second kappa shape index (κ2) is 5.82. The van der Waals surface area contributed by atoms with Crippen LogP contribution in [-0.2, 0) is 10.0 Å². The maximum absolute atomic E-state index is 11.9. The van der Waals surface area contributed by atoms with Crippen LogP contribution in [0.5, 0.6) is 0 Å². The third kappa shape index (κ3) is 3.10. The average molecular weight is 270 g/mol. The van der Waals surface area contributed by atoms with E-state index in [-0.39, 0.29) is 0 Å². The Morgan fingerprint density at radius 3 is 2.00 bits per heavy atom. The molecule has 2 unspecified atom stereocenters. The van der Waals surface area contributed by atoms with E-state index in [1.807, 2.05) is 19.2 Å². The van der Waals surface area contributed by atoms with Crippen molar-refractivity contribution in [3.63, 3.8) is 0 Å². The lowest BCUT2D eigenvalue weighted by Gasteiger charge is -2.20. The van der Waals surface area contributed by atoms with Crippen molar-refractivity contribution >= 4 is 10.0 Å². The zero-order valence-corrected chi connectivity index (χ0v) is 12.5. The van der Waals surface area contributed by atoms with Crippen molar-refractivity contribution in [2.45, 2.75) is 30.7 Å². The first kappa shape index (κ1) is 15.1. The molecule has 0 saturated heterocycles. The minimum absolute atomic E-state index is 0.334. The van der Waals surface area contributed by atoms with Gasteiger partial charge in [0.2, 0.25) is 10.0 Å². The molecule has 0 radical (unpaired) electrons. The summed E-state index contributed by atoms with van der Waals surface area (Å²) in [7, 11) is 1.67. The van der Waals surface area contributed by atoms with Crippen molar-refractivity contribution < 1.29 is 8.42 Å². The number of likely N-dealkylation sites (N-methyl/N-ethyl adjacent to an activating group) is 1.